The van der Waals surface area contributed by atoms with Crippen molar-refractivity contribution < 1.29 is 9.53 Å². The van der Waals surface area contributed by atoms with Crippen molar-refractivity contribution >= 4 is 5.97 Å². The van der Waals surface area contributed by atoms with Gasteiger partial charge in [0.1, 0.15) is 0 Å². The lowest BCUT2D eigenvalue weighted by atomic mass is 10.1. The number of hydrogen-bond donors (Lipinski definition) is 1. The van der Waals surface area contributed by atoms with E-state index in [0.29, 0.717) is 19.1 Å². The first-order valence-electron chi connectivity index (χ1n) is 5.52. The quantitative estimate of drug-likeness (QED) is 0.640. The van der Waals surface area contributed by atoms with Gasteiger partial charge in [0.2, 0.25) is 0 Å². The molecule has 2 N–H and O–H groups in total. The van der Waals surface area contributed by atoms with Crippen LogP contribution in [-0.4, -0.2) is 19.1 Å². The highest BCUT2D eigenvalue weighted by atomic mass is 16.5. The molecule has 0 fully saturated rings. The molecule has 0 radical (unpaired) electrons. The molecule has 2 atom stereocenters. The van der Waals surface area contributed by atoms with Crippen LogP contribution in [0.25, 0.3) is 0 Å². The molecule has 0 aliphatic carbocycles. The van der Waals surface area contributed by atoms with Crippen molar-refractivity contribution in [3.8, 4) is 0 Å². The van der Waals surface area contributed by atoms with Gasteiger partial charge in [-0.3, -0.25) is 4.79 Å². The summed E-state index contributed by atoms with van der Waals surface area (Å²) < 4.78 is 5.18. The van der Waals surface area contributed by atoms with E-state index in [4.69, 9.17) is 10.5 Å². The number of nitrogens with two attached hydrogens (primary N) is 1. The SMILES string of the molecule is CCCC(C)COC(=O)C(CC)CN. The Morgan fingerprint density at radius 2 is 2.07 bits per heavy atom. The average Bonchev–Trinajstić information content (AvgIpc) is 2.17. The molecule has 0 aliphatic heterocycles. The third-order valence-corrected chi connectivity index (χ3v) is 2.40. The van der Waals surface area contributed by atoms with Crippen LogP contribution in [0.5, 0.6) is 0 Å². The van der Waals surface area contributed by atoms with Crippen molar-refractivity contribution in [2.24, 2.45) is 17.6 Å². The van der Waals surface area contributed by atoms with Crippen molar-refractivity contribution in [3.05, 3.63) is 0 Å². The highest BCUT2D eigenvalue weighted by Gasteiger charge is 2.16. The molecule has 3 nitrogen and oxygen atoms in total. The van der Waals surface area contributed by atoms with Gasteiger partial charge < -0.3 is 10.5 Å². The zero-order valence-electron chi connectivity index (χ0n) is 9.58. The number of ether oxygens (including phenoxy) is 1. The van der Waals surface area contributed by atoms with Crippen LogP contribution in [0.2, 0.25) is 0 Å². The minimum Gasteiger partial charge on any atom is -0.465 e. The van der Waals surface area contributed by atoms with Gasteiger partial charge in [0.05, 0.1) is 12.5 Å². The zero-order chi connectivity index (χ0) is 11.0. The Kier molecular flexibility index (Phi) is 7.48. The predicted molar refractivity (Wildman–Crippen MR) is 57.9 cm³/mol. The molecule has 0 aromatic carbocycles. The van der Waals surface area contributed by atoms with Crippen LogP contribution in [0.3, 0.4) is 0 Å². The Morgan fingerprint density at radius 1 is 1.43 bits per heavy atom. The smallest absolute Gasteiger partial charge is 0.310 e. The van der Waals surface area contributed by atoms with E-state index >= 15 is 0 Å². The first kappa shape index (κ1) is 13.4. The first-order valence-corrected chi connectivity index (χ1v) is 5.52. The molecule has 0 aromatic heterocycles. The number of rotatable bonds is 7. The minimum absolute atomic E-state index is 0.121. The summed E-state index contributed by atoms with van der Waals surface area (Å²) in [6.07, 6.45) is 3.00. The van der Waals surface area contributed by atoms with Crippen molar-refractivity contribution in [2.75, 3.05) is 13.2 Å². The number of esters is 1. The predicted octanol–water partition coefficient (Wildman–Crippen LogP) is 1.95. The van der Waals surface area contributed by atoms with E-state index in [1.165, 1.54) is 0 Å². The minimum atomic E-state index is -0.141. The second-order valence-corrected chi connectivity index (χ2v) is 3.86. The number of carbonyl (C=O) groups is 1. The monoisotopic (exact) mass is 201 g/mol. The molecule has 0 rings (SSSR count). The lowest BCUT2D eigenvalue weighted by Gasteiger charge is -2.14. The summed E-state index contributed by atoms with van der Waals surface area (Å²) in [7, 11) is 0. The van der Waals surface area contributed by atoms with Gasteiger partial charge in [0.25, 0.3) is 0 Å². The summed E-state index contributed by atoms with van der Waals surface area (Å²) in [6, 6.07) is 0. The van der Waals surface area contributed by atoms with Crippen molar-refractivity contribution in [3.63, 3.8) is 0 Å². The van der Waals surface area contributed by atoms with Crippen LogP contribution in [0.15, 0.2) is 0 Å². The Morgan fingerprint density at radius 3 is 2.50 bits per heavy atom. The lowest BCUT2D eigenvalue weighted by molar-refractivity contribution is -0.149. The molecule has 84 valence electrons. The largest absolute Gasteiger partial charge is 0.465 e. The van der Waals surface area contributed by atoms with Gasteiger partial charge in [-0.25, -0.2) is 0 Å². The molecule has 0 amide bonds. The Hall–Kier alpha value is -0.570. The summed E-state index contributed by atoms with van der Waals surface area (Å²) in [5.41, 5.74) is 5.45. The van der Waals surface area contributed by atoms with Crippen LogP contribution in [0.1, 0.15) is 40.0 Å². The standard InChI is InChI=1S/C11H23NO2/c1-4-6-9(3)8-14-11(13)10(5-2)7-12/h9-10H,4-8,12H2,1-3H3. The third kappa shape index (κ3) is 5.22. The topological polar surface area (TPSA) is 52.3 Å². The van der Waals surface area contributed by atoms with E-state index < -0.39 is 0 Å². The number of carbonyl (C=O) groups excluding carboxylic acids is 1. The average molecular weight is 201 g/mol. The van der Waals surface area contributed by atoms with Crippen LogP contribution in [0, 0.1) is 11.8 Å². The van der Waals surface area contributed by atoms with E-state index in [2.05, 4.69) is 13.8 Å². The fourth-order valence-corrected chi connectivity index (χ4v) is 1.35. The first-order chi connectivity index (χ1) is 6.65. The van der Waals surface area contributed by atoms with Gasteiger partial charge in [0.15, 0.2) is 0 Å². The molecule has 3 heteroatoms. The fraction of sp³-hybridized carbons (Fsp3) is 0.909. The maximum atomic E-state index is 11.4. The second kappa shape index (κ2) is 7.80. The van der Waals surface area contributed by atoms with Crippen molar-refractivity contribution in [1.82, 2.24) is 0 Å². The van der Waals surface area contributed by atoms with E-state index in [1.807, 2.05) is 6.92 Å². The van der Waals surface area contributed by atoms with Crippen LogP contribution < -0.4 is 5.73 Å². The van der Waals surface area contributed by atoms with Gasteiger partial charge in [0, 0.05) is 6.54 Å². The maximum absolute atomic E-state index is 11.4. The van der Waals surface area contributed by atoms with E-state index in [1.54, 1.807) is 0 Å². The molecule has 0 aliphatic rings. The van der Waals surface area contributed by atoms with Crippen molar-refractivity contribution in [2.45, 2.75) is 40.0 Å². The Labute approximate surface area is 87.0 Å². The summed E-state index contributed by atoms with van der Waals surface area (Å²) >= 11 is 0. The van der Waals surface area contributed by atoms with Crippen LogP contribution in [-0.2, 0) is 9.53 Å². The normalized spacial score (nSPS) is 14.9. The molecule has 14 heavy (non-hydrogen) atoms. The number of hydrogen-bond acceptors (Lipinski definition) is 3. The van der Waals surface area contributed by atoms with Crippen molar-refractivity contribution in [1.29, 1.82) is 0 Å². The van der Waals surface area contributed by atoms with Gasteiger partial charge in [-0.2, -0.15) is 0 Å². The fourth-order valence-electron chi connectivity index (χ4n) is 1.35. The van der Waals surface area contributed by atoms with Gasteiger partial charge in [-0.1, -0.05) is 27.2 Å². The van der Waals surface area contributed by atoms with E-state index in [-0.39, 0.29) is 11.9 Å². The molecular formula is C11H23NO2. The molecule has 0 spiro atoms. The summed E-state index contributed by atoms with van der Waals surface area (Å²) in [5, 5.41) is 0. The van der Waals surface area contributed by atoms with Crippen LogP contribution in [0.4, 0.5) is 0 Å². The second-order valence-electron chi connectivity index (χ2n) is 3.86. The van der Waals surface area contributed by atoms with Gasteiger partial charge in [-0.05, 0) is 18.8 Å². The summed E-state index contributed by atoms with van der Waals surface area (Å²) in [6.45, 7) is 7.10. The molecule has 0 heterocycles. The third-order valence-electron chi connectivity index (χ3n) is 2.40. The van der Waals surface area contributed by atoms with Gasteiger partial charge >= 0.3 is 5.97 Å². The van der Waals surface area contributed by atoms with Gasteiger partial charge in [-0.15, -0.1) is 0 Å². The van der Waals surface area contributed by atoms with E-state index in [0.717, 1.165) is 19.3 Å². The lowest BCUT2D eigenvalue weighted by Crippen LogP contribution is -2.26. The highest BCUT2D eigenvalue weighted by Crippen LogP contribution is 2.08. The highest BCUT2D eigenvalue weighted by molar-refractivity contribution is 5.72. The molecule has 0 bridgehead atoms. The zero-order valence-corrected chi connectivity index (χ0v) is 9.58. The Bertz CT molecular complexity index is 155. The summed E-state index contributed by atoms with van der Waals surface area (Å²) in [5.74, 6) is 0.195. The Balaban J connectivity index is 3.71. The molecule has 0 aromatic rings. The molecule has 0 saturated carbocycles. The van der Waals surface area contributed by atoms with Crippen LogP contribution >= 0.6 is 0 Å². The van der Waals surface area contributed by atoms with E-state index in [9.17, 15) is 4.79 Å². The molecule has 2 unspecified atom stereocenters. The maximum Gasteiger partial charge on any atom is 0.310 e. The molecular weight excluding hydrogens is 178 g/mol. The summed E-state index contributed by atoms with van der Waals surface area (Å²) in [4.78, 5) is 11.4. The molecule has 0 saturated heterocycles.